The topological polar surface area (TPSA) is 72.9 Å². The zero-order valence-corrected chi connectivity index (χ0v) is 16.6. The molecule has 0 atom stereocenters. The Morgan fingerprint density at radius 3 is 2.39 bits per heavy atom. The van der Waals surface area contributed by atoms with E-state index in [0.29, 0.717) is 17.1 Å². The first-order valence-corrected chi connectivity index (χ1v) is 10.9. The van der Waals surface area contributed by atoms with Crippen LogP contribution in [0.3, 0.4) is 0 Å². The van der Waals surface area contributed by atoms with Crippen molar-refractivity contribution in [3.63, 3.8) is 0 Å². The number of ether oxygens (including phenoxy) is 2. The first kappa shape index (κ1) is 19.0. The minimum atomic E-state index is -3.69. The van der Waals surface area contributed by atoms with Crippen LogP contribution in [0.5, 0.6) is 11.5 Å². The lowest BCUT2D eigenvalue weighted by molar-refractivity contribution is 0.101. The Labute approximate surface area is 165 Å². The van der Waals surface area contributed by atoms with Crippen molar-refractivity contribution in [2.75, 3.05) is 6.79 Å². The maximum atomic E-state index is 13.4. The Morgan fingerprint density at radius 2 is 1.71 bits per heavy atom. The minimum absolute atomic E-state index is 0.0251. The van der Waals surface area contributed by atoms with Crippen LogP contribution in [0.15, 0.2) is 47.4 Å². The third-order valence-corrected chi connectivity index (χ3v) is 7.29. The molecule has 1 saturated carbocycles. The first-order valence-electron chi connectivity index (χ1n) is 9.46. The van der Waals surface area contributed by atoms with Crippen LogP contribution in [0.1, 0.15) is 48.5 Å². The van der Waals surface area contributed by atoms with E-state index in [9.17, 15) is 13.2 Å². The molecule has 28 heavy (non-hydrogen) atoms. The number of hydrogen-bond acceptors (Lipinski definition) is 5. The quantitative estimate of drug-likeness (QED) is 0.689. The summed E-state index contributed by atoms with van der Waals surface area (Å²) in [6.45, 7) is 1.93. The predicted octanol–water partition coefficient (Wildman–Crippen LogP) is 3.75. The summed E-state index contributed by atoms with van der Waals surface area (Å²) in [6, 6.07) is 11.7. The van der Waals surface area contributed by atoms with Gasteiger partial charge in [-0.2, -0.15) is 4.31 Å². The Bertz CT molecular complexity index is 978. The zero-order chi connectivity index (χ0) is 19.7. The SMILES string of the molecule is CC(=O)c1ccc(S(=O)(=O)N(Cc2ccc3c(c2)OCO3)C2CCCC2)cc1. The van der Waals surface area contributed by atoms with Crippen molar-refractivity contribution in [3.8, 4) is 11.5 Å². The second-order valence-corrected chi connectivity index (χ2v) is 9.15. The number of carbonyl (C=O) groups excluding carboxylic acids is 1. The predicted molar refractivity (Wildman–Crippen MR) is 104 cm³/mol. The van der Waals surface area contributed by atoms with E-state index in [1.165, 1.54) is 19.1 Å². The fourth-order valence-electron chi connectivity index (χ4n) is 3.82. The Hall–Kier alpha value is -2.38. The number of ketones is 1. The van der Waals surface area contributed by atoms with E-state index in [4.69, 9.17) is 9.47 Å². The van der Waals surface area contributed by atoms with Gasteiger partial charge in [0, 0.05) is 18.2 Å². The second-order valence-electron chi connectivity index (χ2n) is 7.26. The van der Waals surface area contributed by atoms with Gasteiger partial charge in [-0.05, 0) is 49.6 Å². The van der Waals surface area contributed by atoms with Crippen LogP contribution in [-0.2, 0) is 16.6 Å². The van der Waals surface area contributed by atoms with E-state index in [-0.39, 0.29) is 30.1 Å². The standard InChI is InChI=1S/C21H23NO5S/c1-15(23)17-7-9-19(10-8-17)28(24,25)22(18-4-2-3-5-18)13-16-6-11-20-21(12-16)27-14-26-20/h6-12,18H,2-5,13-14H2,1H3. The molecule has 1 fully saturated rings. The van der Waals surface area contributed by atoms with Crippen molar-refractivity contribution < 1.29 is 22.7 Å². The summed E-state index contributed by atoms with van der Waals surface area (Å²) in [5, 5.41) is 0. The lowest BCUT2D eigenvalue weighted by Gasteiger charge is -2.28. The number of nitrogens with zero attached hydrogens (tertiary/aromatic N) is 1. The van der Waals surface area contributed by atoms with Crippen LogP contribution in [-0.4, -0.2) is 31.3 Å². The van der Waals surface area contributed by atoms with Gasteiger partial charge in [-0.15, -0.1) is 0 Å². The van der Waals surface area contributed by atoms with Gasteiger partial charge >= 0.3 is 0 Å². The molecule has 148 valence electrons. The molecule has 0 saturated heterocycles. The van der Waals surface area contributed by atoms with Gasteiger partial charge in [0.25, 0.3) is 0 Å². The molecule has 6 nitrogen and oxygen atoms in total. The van der Waals surface area contributed by atoms with Crippen LogP contribution in [0.4, 0.5) is 0 Å². The fraction of sp³-hybridized carbons (Fsp3) is 0.381. The molecular weight excluding hydrogens is 378 g/mol. The highest BCUT2D eigenvalue weighted by molar-refractivity contribution is 7.89. The van der Waals surface area contributed by atoms with Crippen LogP contribution >= 0.6 is 0 Å². The van der Waals surface area contributed by atoms with Gasteiger partial charge in [0.1, 0.15) is 0 Å². The fourth-order valence-corrected chi connectivity index (χ4v) is 5.49. The third-order valence-electron chi connectivity index (χ3n) is 5.37. The highest BCUT2D eigenvalue weighted by Gasteiger charge is 2.33. The molecule has 2 aromatic carbocycles. The summed E-state index contributed by atoms with van der Waals surface area (Å²) in [5.41, 5.74) is 1.36. The Balaban J connectivity index is 1.66. The number of carbonyl (C=O) groups is 1. The van der Waals surface area contributed by atoms with Crippen LogP contribution in [0.25, 0.3) is 0 Å². The summed E-state index contributed by atoms with van der Waals surface area (Å²) in [5.74, 6) is 1.24. The second kappa shape index (κ2) is 7.56. The van der Waals surface area contributed by atoms with E-state index in [1.54, 1.807) is 16.4 Å². The average molecular weight is 401 g/mol. The molecule has 0 bridgehead atoms. The summed E-state index contributed by atoms with van der Waals surface area (Å²) in [6.07, 6.45) is 3.77. The number of hydrogen-bond donors (Lipinski definition) is 0. The number of sulfonamides is 1. The highest BCUT2D eigenvalue weighted by atomic mass is 32.2. The van der Waals surface area contributed by atoms with Gasteiger partial charge < -0.3 is 9.47 Å². The lowest BCUT2D eigenvalue weighted by Crippen LogP contribution is -2.38. The van der Waals surface area contributed by atoms with Crippen LogP contribution < -0.4 is 9.47 Å². The van der Waals surface area contributed by atoms with Crippen LogP contribution in [0.2, 0.25) is 0 Å². The molecule has 0 spiro atoms. The Kier molecular flexibility index (Phi) is 5.12. The summed E-state index contributed by atoms with van der Waals surface area (Å²) in [4.78, 5) is 11.7. The van der Waals surface area contributed by atoms with E-state index in [0.717, 1.165) is 31.2 Å². The smallest absolute Gasteiger partial charge is 0.243 e. The molecule has 2 aromatic rings. The van der Waals surface area contributed by atoms with Gasteiger partial charge in [0.05, 0.1) is 4.90 Å². The summed E-state index contributed by atoms with van der Waals surface area (Å²) in [7, 11) is -3.69. The summed E-state index contributed by atoms with van der Waals surface area (Å²) >= 11 is 0. The van der Waals surface area contributed by atoms with Crippen molar-refractivity contribution >= 4 is 15.8 Å². The monoisotopic (exact) mass is 401 g/mol. The van der Waals surface area contributed by atoms with Gasteiger partial charge in [0.2, 0.25) is 16.8 Å². The molecule has 2 aliphatic rings. The normalized spacial score (nSPS) is 16.6. The van der Waals surface area contributed by atoms with Crippen LogP contribution in [0, 0.1) is 0 Å². The van der Waals surface area contributed by atoms with Gasteiger partial charge in [-0.1, -0.05) is 31.0 Å². The molecule has 0 radical (unpaired) electrons. The Morgan fingerprint density at radius 1 is 1.04 bits per heavy atom. The largest absolute Gasteiger partial charge is 0.454 e. The van der Waals surface area contributed by atoms with Gasteiger partial charge in [0.15, 0.2) is 17.3 Å². The number of fused-ring (bicyclic) bond motifs is 1. The first-order chi connectivity index (χ1) is 13.4. The maximum absolute atomic E-state index is 13.4. The van der Waals surface area contributed by atoms with E-state index < -0.39 is 10.0 Å². The van der Waals surface area contributed by atoms with Gasteiger partial charge in [-0.25, -0.2) is 8.42 Å². The van der Waals surface area contributed by atoms with E-state index in [2.05, 4.69) is 0 Å². The van der Waals surface area contributed by atoms with Crippen molar-refractivity contribution in [1.82, 2.24) is 4.31 Å². The number of rotatable bonds is 6. The molecule has 7 heteroatoms. The maximum Gasteiger partial charge on any atom is 0.243 e. The minimum Gasteiger partial charge on any atom is -0.454 e. The van der Waals surface area contributed by atoms with Crippen molar-refractivity contribution in [3.05, 3.63) is 53.6 Å². The molecular formula is C21H23NO5S. The molecule has 0 N–H and O–H groups in total. The molecule has 0 amide bonds. The highest BCUT2D eigenvalue weighted by Crippen LogP contribution is 2.35. The number of benzene rings is 2. The summed E-state index contributed by atoms with van der Waals surface area (Å²) < 4.78 is 39.2. The molecule has 0 unspecified atom stereocenters. The average Bonchev–Trinajstić information content (AvgIpc) is 3.37. The molecule has 1 aliphatic carbocycles. The molecule has 0 aromatic heterocycles. The zero-order valence-electron chi connectivity index (χ0n) is 15.8. The molecule has 4 rings (SSSR count). The number of Topliss-reactive ketones (excluding diaryl/α,β-unsaturated/α-hetero) is 1. The van der Waals surface area contributed by atoms with Crippen molar-refractivity contribution in [1.29, 1.82) is 0 Å². The van der Waals surface area contributed by atoms with E-state index in [1.807, 2.05) is 18.2 Å². The van der Waals surface area contributed by atoms with Crippen molar-refractivity contribution in [2.24, 2.45) is 0 Å². The third kappa shape index (κ3) is 3.64. The molecule has 1 aliphatic heterocycles. The van der Waals surface area contributed by atoms with E-state index >= 15 is 0 Å². The van der Waals surface area contributed by atoms with Crippen molar-refractivity contribution in [2.45, 2.75) is 50.1 Å². The van der Waals surface area contributed by atoms with Gasteiger partial charge in [-0.3, -0.25) is 4.79 Å². The molecule has 1 heterocycles. The lowest BCUT2D eigenvalue weighted by atomic mass is 10.1.